The minimum Gasteiger partial charge on any atom is -0.379 e. The van der Waals surface area contributed by atoms with Crippen molar-refractivity contribution in [2.45, 2.75) is 6.54 Å². The molecule has 0 unspecified atom stereocenters. The van der Waals surface area contributed by atoms with Crippen molar-refractivity contribution in [1.29, 1.82) is 0 Å². The highest BCUT2D eigenvalue weighted by molar-refractivity contribution is 7.09. The van der Waals surface area contributed by atoms with Crippen molar-refractivity contribution >= 4 is 28.6 Å². The predicted octanol–water partition coefficient (Wildman–Crippen LogP) is 3.41. The SMILES string of the molecule is Clc1cnccc1NCc1cccs1. The van der Waals surface area contributed by atoms with Crippen LogP contribution >= 0.6 is 22.9 Å². The number of rotatable bonds is 3. The van der Waals surface area contributed by atoms with Crippen LogP contribution in [0.25, 0.3) is 0 Å². The molecule has 2 aromatic heterocycles. The number of anilines is 1. The lowest BCUT2D eigenvalue weighted by Crippen LogP contribution is -1.97. The molecule has 0 bridgehead atoms. The first kappa shape index (κ1) is 9.49. The molecule has 72 valence electrons. The second-order valence-electron chi connectivity index (χ2n) is 2.79. The van der Waals surface area contributed by atoms with E-state index in [4.69, 9.17) is 11.6 Å². The maximum absolute atomic E-state index is 5.94. The fourth-order valence-electron chi connectivity index (χ4n) is 1.11. The summed E-state index contributed by atoms with van der Waals surface area (Å²) in [5, 5.41) is 5.97. The van der Waals surface area contributed by atoms with Crippen LogP contribution in [0.2, 0.25) is 5.02 Å². The summed E-state index contributed by atoms with van der Waals surface area (Å²) in [5.41, 5.74) is 0.926. The molecule has 0 amide bonds. The van der Waals surface area contributed by atoms with Crippen LogP contribution in [0.5, 0.6) is 0 Å². The minimum atomic E-state index is 0.657. The van der Waals surface area contributed by atoms with E-state index in [0.717, 1.165) is 12.2 Å². The summed E-state index contributed by atoms with van der Waals surface area (Å²) in [6.07, 6.45) is 3.36. The zero-order valence-corrected chi connectivity index (χ0v) is 8.98. The average Bonchev–Trinajstić information content (AvgIpc) is 2.69. The third kappa shape index (κ3) is 2.25. The first-order chi connectivity index (χ1) is 6.86. The third-order valence-electron chi connectivity index (χ3n) is 1.81. The highest BCUT2D eigenvalue weighted by Crippen LogP contribution is 2.20. The zero-order chi connectivity index (χ0) is 9.80. The summed E-state index contributed by atoms with van der Waals surface area (Å²) in [4.78, 5) is 5.21. The van der Waals surface area contributed by atoms with Gasteiger partial charge in [0.1, 0.15) is 0 Å². The fourth-order valence-corrected chi connectivity index (χ4v) is 1.94. The van der Waals surface area contributed by atoms with Gasteiger partial charge in [0.05, 0.1) is 10.7 Å². The molecule has 0 fully saturated rings. The number of nitrogens with zero attached hydrogens (tertiary/aromatic N) is 1. The lowest BCUT2D eigenvalue weighted by Gasteiger charge is -2.05. The van der Waals surface area contributed by atoms with E-state index in [9.17, 15) is 0 Å². The van der Waals surface area contributed by atoms with Crippen molar-refractivity contribution in [3.63, 3.8) is 0 Å². The lowest BCUT2D eigenvalue weighted by atomic mass is 10.4. The van der Waals surface area contributed by atoms with Gasteiger partial charge in [-0.25, -0.2) is 0 Å². The summed E-state index contributed by atoms with van der Waals surface area (Å²) < 4.78 is 0. The average molecular weight is 225 g/mol. The Kier molecular flexibility index (Phi) is 3.01. The van der Waals surface area contributed by atoms with E-state index in [1.807, 2.05) is 12.1 Å². The van der Waals surface area contributed by atoms with Gasteiger partial charge in [-0.1, -0.05) is 17.7 Å². The summed E-state index contributed by atoms with van der Waals surface area (Å²) in [5.74, 6) is 0. The predicted molar refractivity (Wildman–Crippen MR) is 60.9 cm³/mol. The van der Waals surface area contributed by atoms with E-state index in [2.05, 4.69) is 21.7 Å². The number of aromatic nitrogens is 1. The van der Waals surface area contributed by atoms with Crippen LogP contribution in [0, 0.1) is 0 Å². The van der Waals surface area contributed by atoms with Crippen molar-refractivity contribution in [3.8, 4) is 0 Å². The topological polar surface area (TPSA) is 24.9 Å². The second-order valence-corrected chi connectivity index (χ2v) is 4.23. The van der Waals surface area contributed by atoms with E-state index >= 15 is 0 Å². The molecule has 1 N–H and O–H groups in total. The standard InChI is InChI=1S/C10H9ClN2S/c11-9-7-12-4-3-10(9)13-6-8-2-1-5-14-8/h1-5,7H,6H2,(H,12,13). The molecular formula is C10H9ClN2S. The van der Waals surface area contributed by atoms with Crippen LogP contribution in [-0.2, 0) is 6.54 Å². The van der Waals surface area contributed by atoms with Gasteiger partial charge in [-0.15, -0.1) is 11.3 Å². The zero-order valence-electron chi connectivity index (χ0n) is 7.40. The van der Waals surface area contributed by atoms with Gasteiger partial charge in [0.2, 0.25) is 0 Å². The van der Waals surface area contributed by atoms with Crippen LogP contribution in [-0.4, -0.2) is 4.98 Å². The van der Waals surface area contributed by atoms with E-state index in [1.165, 1.54) is 4.88 Å². The van der Waals surface area contributed by atoms with Gasteiger partial charge in [0.25, 0.3) is 0 Å². The highest BCUT2D eigenvalue weighted by atomic mass is 35.5. The second kappa shape index (κ2) is 4.44. The molecule has 0 spiro atoms. The van der Waals surface area contributed by atoms with Gasteiger partial charge in [-0.05, 0) is 17.5 Å². The molecule has 0 aliphatic carbocycles. The number of nitrogens with one attached hydrogen (secondary N) is 1. The minimum absolute atomic E-state index is 0.657. The Labute approximate surface area is 91.6 Å². The quantitative estimate of drug-likeness (QED) is 0.865. The summed E-state index contributed by atoms with van der Waals surface area (Å²) in [6, 6.07) is 6.00. The highest BCUT2D eigenvalue weighted by Gasteiger charge is 1.98. The van der Waals surface area contributed by atoms with Crippen molar-refractivity contribution in [3.05, 3.63) is 45.9 Å². The Morgan fingerprint density at radius 1 is 1.43 bits per heavy atom. The molecule has 2 aromatic rings. The molecule has 0 saturated heterocycles. The van der Waals surface area contributed by atoms with Gasteiger partial charge in [-0.2, -0.15) is 0 Å². The van der Waals surface area contributed by atoms with Crippen LogP contribution in [0.3, 0.4) is 0 Å². The number of thiophene rings is 1. The molecule has 14 heavy (non-hydrogen) atoms. The maximum atomic E-state index is 5.94. The van der Waals surface area contributed by atoms with Gasteiger partial charge in [-0.3, -0.25) is 4.98 Å². The van der Waals surface area contributed by atoms with E-state index < -0.39 is 0 Å². The monoisotopic (exact) mass is 224 g/mol. The molecule has 2 rings (SSSR count). The van der Waals surface area contributed by atoms with E-state index in [-0.39, 0.29) is 0 Å². The van der Waals surface area contributed by atoms with E-state index in [0.29, 0.717) is 5.02 Å². The van der Waals surface area contributed by atoms with Crippen LogP contribution in [0.1, 0.15) is 4.88 Å². The van der Waals surface area contributed by atoms with Gasteiger partial charge in [0.15, 0.2) is 0 Å². The number of halogens is 1. The van der Waals surface area contributed by atoms with Crippen molar-refractivity contribution < 1.29 is 0 Å². The maximum Gasteiger partial charge on any atom is 0.0820 e. The molecular weight excluding hydrogens is 216 g/mol. The van der Waals surface area contributed by atoms with Gasteiger partial charge >= 0.3 is 0 Å². The molecule has 0 aliphatic heterocycles. The number of hydrogen-bond acceptors (Lipinski definition) is 3. The third-order valence-corrected chi connectivity index (χ3v) is 2.98. The molecule has 2 heterocycles. The summed E-state index contributed by atoms with van der Waals surface area (Å²) in [6.45, 7) is 0.807. The summed E-state index contributed by atoms with van der Waals surface area (Å²) in [7, 11) is 0. The van der Waals surface area contributed by atoms with Crippen molar-refractivity contribution in [1.82, 2.24) is 4.98 Å². The summed E-state index contributed by atoms with van der Waals surface area (Å²) >= 11 is 7.67. The largest absolute Gasteiger partial charge is 0.379 e. The van der Waals surface area contributed by atoms with Gasteiger partial charge < -0.3 is 5.32 Å². The lowest BCUT2D eigenvalue weighted by molar-refractivity contribution is 1.18. The fraction of sp³-hybridized carbons (Fsp3) is 0.100. The molecule has 0 aliphatic rings. The first-order valence-electron chi connectivity index (χ1n) is 4.22. The Morgan fingerprint density at radius 3 is 3.07 bits per heavy atom. The Morgan fingerprint density at radius 2 is 2.36 bits per heavy atom. The van der Waals surface area contributed by atoms with Crippen LogP contribution < -0.4 is 5.32 Å². The Hall–Kier alpha value is -1.06. The number of hydrogen-bond donors (Lipinski definition) is 1. The molecule has 0 aromatic carbocycles. The van der Waals surface area contributed by atoms with Crippen molar-refractivity contribution in [2.75, 3.05) is 5.32 Å². The molecule has 2 nitrogen and oxygen atoms in total. The molecule has 0 atom stereocenters. The first-order valence-corrected chi connectivity index (χ1v) is 5.48. The smallest absolute Gasteiger partial charge is 0.0820 e. The van der Waals surface area contributed by atoms with Crippen molar-refractivity contribution in [2.24, 2.45) is 0 Å². The number of pyridine rings is 1. The van der Waals surface area contributed by atoms with Gasteiger partial charge in [0, 0.05) is 23.8 Å². The molecule has 4 heteroatoms. The van der Waals surface area contributed by atoms with Crippen LogP contribution in [0.15, 0.2) is 36.0 Å². The molecule has 0 radical (unpaired) electrons. The Balaban J connectivity index is 2.02. The van der Waals surface area contributed by atoms with Crippen LogP contribution in [0.4, 0.5) is 5.69 Å². The van der Waals surface area contributed by atoms with E-state index in [1.54, 1.807) is 23.7 Å². The molecule has 0 saturated carbocycles. The normalized spacial score (nSPS) is 10.1. The Bertz CT molecular complexity index is 400.